The van der Waals surface area contributed by atoms with Crippen LogP contribution in [0.15, 0.2) is 42.5 Å². The average molecular weight is 282 g/mol. The van der Waals surface area contributed by atoms with Crippen LogP contribution in [-0.4, -0.2) is 18.4 Å². The number of carbonyl (C=O) groups excluding carboxylic acids is 2. The summed E-state index contributed by atoms with van der Waals surface area (Å²) in [5.41, 5.74) is 3.46. The van der Waals surface area contributed by atoms with E-state index < -0.39 is 5.97 Å². The first-order chi connectivity index (χ1) is 10.0. The van der Waals surface area contributed by atoms with E-state index in [0.717, 1.165) is 16.7 Å². The zero-order chi connectivity index (χ0) is 15.4. The summed E-state index contributed by atoms with van der Waals surface area (Å²) in [6.45, 7) is 5.34. The molecule has 0 atom stereocenters. The molecular formula is C18H18O3. The van der Waals surface area contributed by atoms with Gasteiger partial charge in [0.1, 0.15) is 0 Å². The topological polar surface area (TPSA) is 43.4 Å². The molecule has 0 aromatic heterocycles. The molecule has 0 amide bonds. The van der Waals surface area contributed by atoms with Gasteiger partial charge in [-0.1, -0.05) is 36.4 Å². The molecule has 2 rings (SSSR count). The predicted octanol–water partition coefficient (Wildman–Crippen LogP) is 4.04. The molecule has 0 aliphatic heterocycles. The van der Waals surface area contributed by atoms with Crippen LogP contribution in [0.4, 0.5) is 0 Å². The number of carbonyl (C=O) groups is 2. The van der Waals surface area contributed by atoms with Crippen LogP contribution in [-0.2, 0) is 4.74 Å². The molecule has 0 aliphatic rings. The summed E-state index contributed by atoms with van der Waals surface area (Å²) in [6.07, 6.45) is 0. The van der Waals surface area contributed by atoms with E-state index in [4.69, 9.17) is 4.74 Å². The normalized spacial score (nSPS) is 10.2. The standard InChI is InChI=1S/C18H18O3/c1-4-21-18(20)16-11-15(14-8-6-5-7-9-14)10-12(2)17(16)13(3)19/h5-11H,4H2,1-3H3. The predicted molar refractivity (Wildman–Crippen MR) is 82.6 cm³/mol. The number of esters is 1. The van der Waals surface area contributed by atoms with Crippen molar-refractivity contribution in [1.29, 1.82) is 0 Å². The van der Waals surface area contributed by atoms with E-state index >= 15 is 0 Å². The van der Waals surface area contributed by atoms with Crippen LogP contribution in [0, 0.1) is 6.92 Å². The Kier molecular flexibility index (Phi) is 4.53. The average Bonchev–Trinajstić information content (AvgIpc) is 2.47. The van der Waals surface area contributed by atoms with Gasteiger partial charge in [-0.05, 0) is 43.5 Å². The van der Waals surface area contributed by atoms with Crippen LogP contribution in [0.25, 0.3) is 11.1 Å². The Morgan fingerprint density at radius 2 is 1.71 bits per heavy atom. The number of ether oxygens (including phenoxy) is 1. The van der Waals surface area contributed by atoms with E-state index in [9.17, 15) is 9.59 Å². The van der Waals surface area contributed by atoms with Crippen molar-refractivity contribution in [1.82, 2.24) is 0 Å². The Morgan fingerprint density at radius 1 is 1.05 bits per heavy atom. The molecule has 0 unspecified atom stereocenters. The van der Waals surface area contributed by atoms with Crippen molar-refractivity contribution in [3.63, 3.8) is 0 Å². The summed E-state index contributed by atoms with van der Waals surface area (Å²) in [5.74, 6) is -0.584. The summed E-state index contributed by atoms with van der Waals surface area (Å²) in [4.78, 5) is 24.0. The highest BCUT2D eigenvalue weighted by molar-refractivity contribution is 6.07. The zero-order valence-corrected chi connectivity index (χ0v) is 12.5. The fourth-order valence-corrected chi connectivity index (χ4v) is 2.42. The number of Topliss-reactive ketones (excluding diaryl/α,β-unsaturated/α-hetero) is 1. The van der Waals surface area contributed by atoms with Gasteiger partial charge in [-0.15, -0.1) is 0 Å². The maximum absolute atomic E-state index is 12.1. The Labute approximate surface area is 124 Å². The van der Waals surface area contributed by atoms with Gasteiger partial charge in [0.05, 0.1) is 12.2 Å². The van der Waals surface area contributed by atoms with Gasteiger partial charge in [-0.25, -0.2) is 4.79 Å². The quantitative estimate of drug-likeness (QED) is 0.628. The number of hydrogen-bond acceptors (Lipinski definition) is 3. The van der Waals surface area contributed by atoms with Crippen molar-refractivity contribution in [2.45, 2.75) is 20.8 Å². The fraction of sp³-hybridized carbons (Fsp3) is 0.222. The second-order valence-corrected chi connectivity index (χ2v) is 4.86. The van der Waals surface area contributed by atoms with Crippen molar-refractivity contribution in [2.75, 3.05) is 6.61 Å². The van der Waals surface area contributed by atoms with E-state index in [1.54, 1.807) is 13.0 Å². The molecule has 2 aromatic rings. The smallest absolute Gasteiger partial charge is 0.338 e. The second kappa shape index (κ2) is 6.35. The van der Waals surface area contributed by atoms with Crippen LogP contribution in [0.1, 0.15) is 40.1 Å². The summed E-state index contributed by atoms with van der Waals surface area (Å²) in [6, 6.07) is 13.4. The number of rotatable bonds is 4. The first-order valence-corrected chi connectivity index (χ1v) is 6.92. The Bertz CT molecular complexity index is 672. The van der Waals surface area contributed by atoms with Crippen molar-refractivity contribution in [3.8, 4) is 11.1 Å². The van der Waals surface area contributed by atoms with Gasteiger partial charge >= 0.3 is 5.97 Å². The number of benzene rings is 2. The van der Waals surface area contributed by atoms with E-state index in [1.165, 1.54) is 6.92 Å². The van der Waals surface area contributed by atoms with Crippen LogP contribution >= 0.6 is 0 Å². The first kappa shape index (κ1) is 15.0. The minimum absolute atomic E-state index is 0.129. The van der Waals surface area contributed by atoms with Gasteiger partial charge in [-0.3, -0.25) is 4.79 Å². The second-order valence-electron chi connectivity index (χ2n) is 4.86. The Morgan fingerprint density at radius 3 is 2.29 bits per heavy atom. The molecule has 0 aliphatic carbocycles. The van der Waals surface area contributed by atoms with Crippen molar-refractivity contribution in [3.05, 3.63) is 59.2 Å². The Hall–Kier alpha value is -2.42. The van der Waals surface area contributed by atoms with Gasteiger partial charge in [0.15, 0.2) is 5.78 Å². The molecule has 0 bridgehead atoms. The minimum atomic E-state index is -0.455. The van der Waals surface area contributed by atoms with Gasteiger partial charge in [-0.2, -0.15) is 0 Å². The monoisotopic (exact) mass is 282 g/mol. The number of aryl methyl sites for hydroxylation is 1. The summed E-state index contributed by atoms with van der Waals surface area (Å²) in [5, 5.41) is 0. The first-order valence-electron chi connectivity index (χ1n) is 6.92. The maximum Gasteiger partial charge on any atom is 0.338 e. The molecule has 0 saturated carbocycles. The minimum Gasteiger partial charge on any atom is -0.462 e. The lowest BCUT2D eigenvalue weighted by Crippen LogP contribution is -2.12. The largest absolute Gasteiger partial charge is 0.462 e. The molecule has 21 heavy (non-hydrogen) atoms. The number of hydrogen-bond donors (Lipinski definition) is 0. The molecule has 108 valence electrons. The van der Waals surface area contributed by atoms with Crippen molar-refractivity contribution < 1.29 is 14.3 Å². The molecule has 0 fully saturated rings. The lowest BCUT2D eigenvalue weighted by Gasteiger charge is -2.12. The maximum atomic E-state index is 12.1. The lowest BCUT2D eigenvalue weighted by molar-refractivity contribution is 0.0523. The van der Waals surface area contributed by atoms with Crippen LogP contribution in [0.3, 0.4) is 0 Å². The highest BCUT2D eigenvalue weighted by Gasteiger charge is 2.19. The van der Waals surface area contributed by atoms with Crippen LogP contribution in [0.5, 0.6) is 0 Å². The molecule has 0 N–H and O–H groups in total. The van der Waals surface area contributed by atoms with Crippen LogP contribution < -0.4 is 0 Å². The molecule has 0 saturated heterocycles. The SMILES string of the molecule is CCOC(=O)c1cc(-c2ccccc2)cc(C)c1C(C)=O. The lowest BCUT2D eigenvalue weighted by atomic mass is 9.93. The molecule has 0 spiro atoms. The molecule has 0 radical (unpaired) electrons. The summed E-state index contributed by atoms with van der Waals surface area (Å²) in [7, 11) is 0. The van der Waals surface area contributed by atoms with E-state index in [1.807, 2.05) is 43.3 Å². The third-order valence-corrected chi connectivity index (χ3v) is 3.29. The van der Waals surface area contributed by atoms with Crippen molar-refractivity contribution in [2.24, 2.45) is 0 Å². The fourth-order valence-electron chi connectivity index (χ4n) is 2.42. The number of ketones is 1. The third-order valence-electron chi connectivity index (χ3n) is 3.29. The Balaban J connectivity index is 2.62. The molecular weight excluding hydrogens is 264 g/mol. The highest BCUT2D eigenvalue weighted by Crippen LogP contribution is 2.26. The van der Waals surface area contributed by atoms with Gasteiger partial charge in [0.2, 0.25) is 0 Å². The molecule has 0 heterocycles. The van der Waals surface area contributed by atoms with Gasteiger partial charge < -0.3 is 4.74 Å². The summed E-state index contributed by atoms with van der Waals surface area (Å²) < 4.78 is 5.07. The summed E-state index contributed by atoms with van der Waals surface area (Å²) >= 11 is 0. The molecule has 3 heteroatoms. The highest BCUT2D eigenvalue weighted by atomic mass is 16.5. The van der Waals surface area contributed by atoms with E-state index in [-0.39, 0.29) is 12.4 Å². The van der Waals surface area contributed by atoms with Gasteiger partial charge in [0, 0.05) is 5.56 Å². The molecule has 3 nitrogen and oxygen atoms in total. The van der Waals surface area contributed by atoms with Crippen molar-refractivity contribution >= 4 is 11.8 Å². The third kappa shape index (κ3) is 3.19. The van der Waals surface area contributed by atoms with E-state index in [2.05, 4.69) is 0 Å². The zero-order valence-electron chi connectivity index (χ0n) is 12.5. The molecule has 2 aromatic carbocycles. The van der Waals surface area contributed by atoms with E-state index in [0.29, 0.717) is 11.1 Å². The van der Waals surface area contributed by atoms with Gasteiger partial charge in [0.25, 0.3) is 0 Å². The van der Waals surface area contributed by atoms with Crippen LogP contribution in [0.2, 0.25) is 0 Å².